The Morgan fingerprint density at radius 1 is 1.00 bits per heavy atom. The number of rotatable bonds is 5. The van der Waals surface area contributed by atoms with Crippen LogP contribution in [0.4, 0.5) is 5.82 Å². The monoisotopic (exact) mass is 395 g/mol. The molecule has 4 rings (SSSR count). The number of hydrogen-bond donors (Lipinski definition) is 1. The van der Waals surface area contributed by atoms with Crippen molar-refractivity contribution in [3.05, 3.63) is 18.0 Å². The lowest BCUT2D eigenvalue weighted by Crippen LogP contribution is -2.45. The second-order valence-electron chi connectivity index (χ2n) is 7.98. The predicted molar refractivity (Wildman–Crippen MR) is 112 cm³/mol. The number of anilines is 1. The van der Waals surface area contributed by atoms with Crippen molar-refractivity contribution in [3.63, 3.8) is 0 Å². The quantitative estimate of drug-likeness (QED) is 0.826. The lowest BCUT2D eigenvalue weighted by atomic mass is 9.92. The van der Waals surface area contributed by atoms with Gasteiger partial charge in [-0.25, -0.2) is 9.97 Å². The number of ether oxygens (including phenoxy) is 2. The van der Waals surface area contributed by atoms with Crippen LogP contribution in [0.25, 0.3) is 10.9 Å². The third-order valence-corrected chi connectivity index (χ3v) is 6.26. The van der Waals surface area contributed by atoms with E-state index in [1.807, 2.05) is 6.07 Å². The summed E-state index contributed by atoms with van der Waals surface area (Å²) in [4.78, 5) is 11.5. The smallest absolute Gasteiger partial charge is 0.234 e. The number of nitrogens with one attached hydrogen (secondary N) is 1. The fraction of sp³-hybridized carbons (Fsp3) is 0.591. The molecule has 154 valence electrons. The summed E-state index contributed by atoms with van der Waals surface area (Å²) in [6.45, 7) is 2.24. The Hall–Kier alpha value is -2.59. The van der Waals surface area contributed by atoms with Gasteiger partial charge in [-0.05, 0) is 31.7 Å². The molecule has 0 spiro atoms. The summed E-state index contributed by atoms with van der Waals surface area (Å²) in [6.07, 6.45) is 9.00. The highest BCUT2D eigenvalue weighted by Gasteiger charge is 2.26. The first kappa shape index (κ1) is 19.7. The lowest BCUT2D eigenvalue weighted by Gasteiger charge is -2.39. The summed E-state index contributed by atoms with van der Waals surface area (Å²) in [5, 5.41) is 13.8. The fourth-order valence-electron chi connectivity index (χ4n) is 4.66. The van der Waals surface area contributed by atoms with Crippen molar-refractivity contribution < 1.29 is 9.47 Å². The van der Waals surface area contributed by atoms with E-state index in [1.165, 1.54) is 32.1 Å². The molecule has 0 bridgehead atoms. The van der Waals surface area contributed by atoms with Gasteiger partial charge < -0.3 is 19.7 Å². The van der Waals surface area contributed by atoms with Gasteiger partial charge in [0.05, 0.1) is 19.7 Å². The maximum Gasteiger partial charge on any atom is 0.234 e. The van der Waals surface area contributed by atoms with E-state index in [0.29, 0.717) is 28.9 Å². The zero-order valence-corrected chi connectivity index (χ0v) is 17.3. The van der Waals surface area contributed by atoms with E-state index >= 15 is 0 Å². The van der Waals surface area contributed by atoms with Gasteiger partial charge in [-0.2, -0.15) is 5.26 Å². The molecule has 1 aromatic heterocycles. The first-order chi connectivity index (χ1) is 14.2. The maximum absolute atomic E-state index is 9.37. The van der Waals surface area contributed by atoms with Gasteiger partial charge in [0.15, 0.2) is 11.5 Å². The van der Waals surface area contributed by atoms with Crippen LogP contribution >= 0.6 is 0 Å². The minimum absolute atomic E-state index is 0.159. The molecule has 7 heteroatoms. The molecular weight excluding hydrogens is 366 g/mol. The van der Waals surface area contributed by atoms with Crippen LogP contribution in [-0.2, 0) is 0 Å². The second kappa shape index (κ2) is 8.83. The van der Waals surface area contributed by atoms with E-state index < -0.39 is 0 Å². The molecule has 0 radical (unpaired) electrons. The molecule has 0 atom stereocenters. The first-order valence-corrected chi connectivity index (χ1v) is 10.6. The molecule has 2 aromatic rings. The number of fused-ring (bicyclic) bond motifs is 1. The third-order valence-electron chi connectivity index (χ3n) is 6.26. The average molecular weight is 396 g/mol. The van der Waals surface area contributed by atoms with Gasteiger partial charge in [0.2, 0.25) is 5.82 Å². The van der Waals surface area contributed by atoms with Crippen molar-refractivity contribution in [2.24, 2.45) is 0 Å². The Morgan fingerprint density at radius 2 is 1.69 bits per heavy atom. The molecule has 2 heterocycles. The molecule has 1 aliphatic heterocycles. The summed E-state index contributed by atoms with van der Waals surface area (Å²) >= 11 is 0. The van der Waals surface area contributed by atoms with E-state index in [2.05, 4.69) is 26.3 Å². The van der Waals surface area contributed by atoms with Crippen molar-refractivity contribution in [1.29, 1.82) is 5.26 Å². The number of aromatic nitrogens is 2. The van der Waals surface area contributed by atoms with E-state index in [1.54, 1.807) is 20.3 Å². The van der Waals surface area contributed by atoms with Gasteiger partial charge >= 0.3 is 0 Å². The normalized spacial score (nSPS) is 19.1. The van der Waals surface area contributed by atoms with Crippen LogP contribution < -0.4 is 14.8 Å². The number of nitrogens with zero attached hydrogens (tertiary/aromatic N) is 4. The van der Waals surface area contributed by atoms with Gasteiger partial charge in [-0.3, -0.25) is 0 Å². The van der Waals surface area contributed by atoms with Crippen LogP contribution in [0.1, 0.15) is 50.8 Å². The van der Waals surface area contributed by atoms with Crippen LogP contribution in [0.15, 0.2) is 12.1 Å². The van der Waals surface area contributed by atoms with Crippen LogP contribution in [0.3, 0.4) is 0 Å². The highest BCUT2D eigenvalue weighted by Crippen LogP contribution is 2.35. The number of nitriles is 1. The molecule has 1 aliphatic carbocycles. The largest absolute Gasteiger partial charge is 0.493 e. The Labute approximate surface area is 172 Å². The summed E-state index contributed by atoms with van der Waals surface area (Å²) in [5.74, 6) is 2.08. The molecule has 1 saturated heterocycles. The fourth-order valence-corrected chi connectivity index (χ4v) is 4.66. The molecular formula is C22H29N5O2. The number of benzene rings is 1. The SMILES string of the molecule is COc1cc2nc(C#N)nc(NC3CCN(C4CCCCC4)CC3)c2cc1OC. The van der Waals surface area contributed by atoms with Gasteiger partial charge in [-0.1, -0.05) is 19.3 Å². The summed E-state index contributed by atoms with van der Waals surface area (Å²) in [5.41, 5.74) is 0.677. The summed E-state index contributed by atoms with van der Waals surface area (Å²) in [7, 11) is 3.21. The van der Waals surface area contributed by atoms with Crippen molar-refractivity contribution >= 4 is 16.7 Å². The third kappa shape index (κ3) is 4.23. The zero-order chi connectivity index (χ0) is 20.2. The van der Waals surface area contributed by atoms with Crippen LogP contribution in [0.2, 0.25) is 0 Å². The maximum atomic E-state index is 9.37. The molecule has 7 nitrogen and oxygen atoms in total. The standard InChI is InChI=1S/C22H29N5O2/c1-28-19-12-17-18(13-20(19)29-2)25-21(14-23)26-22(17)24-15-8-10-27(11-9-15)16-6-4-3-5-7-16/h12-13,15-16H,3-11H2,1-2H3,(H,24,25,26). The molecule has 29 heavy (non-hydrogen) atoms. The van der Waals surface area contributed by atoms with E-state index in [0.717, 1.165) is 37.4 Å². The van der Waals surface area contributed by atoms with Gasteiger partial charge in [0.1, 0.15) is 11.9 Å². The first-order valence-electron chi connectivity index (χ1n) is 10.6. The number of methoxy groups -OCH3 is 2. The van der Waals surface area contributed by atoms with Crippen LogP contribution in [-0.4, -0.2) is 54.3 Å². The van der Waals surface area contributed by atoms with Gasteiger partial charge in [0.25, 0.3) is 0 Å². The van der Waals surface area contributed by atoms with E-state index in [-0.39, 0.29) is 5.82 Å². The highest BCUT2D eigenvalue weighted by molar-refractivity contribution is 5.92. The van der Waals surface area contributed by atoms with Crippen molar-refractivity contribution in [2.75, 3.05) is 32.6 Å². The molecule has 2 aliphatic rings. The Bertz CT molecular complexity index is 896. The van der Waals surface area contributed by atoms with E-state index in [4.69, 9.17) is 9.47 Å². The number of likely N-dealkylation sites (tertiary alicyclic amines) is 1. The lowest BCUT2D eigenvalue weighted by molar-refractivity contribution is 0.126. The number of hydrogen-bond acceptors (Lipinski definition) is 7. The molecule has 1 aromatic carbocycles. The number of piperidine rings is 1. The molecule has 2 fully saturated rings. The topological polar surface area (TPSA) is 83.3 Å². The molecule has 1 saturated carbocycles. The minimum Gasteiger partial charge on any atom is -0.493 e. The summed E-state index contributed by atoms with van der Waals surface area (Å²) < 4.78 is 10.8. The highest BCUT2D eigenvalue weighted by atomic mass is 16.5. The van der Waals surface area contributed by atoms with Crippen molar-refractivity contribution in [2.45, 2.75) is 57.0 Å². The minimum atomic E-state index is 0.159. The average Bonchev–Trinajstić information content (AvgIpc) is 2.79. The van der Waals surface area contributed by atoms with Crippen molar-refractivity contribution in [3.8, 4) is 17.6 Å². The van der Waals surface area contributed by atoms with Crippen LogP contribution in [0.5, 0.6) is 11.5 Å². The van der Waals surface area contributed by atoms with Crippen molar-refractivity contribution in [1.82, 2.24) is 14.9 Å². The van der Waals surface area contributed by atoms with Crippen LogP contribution in [0, 0.1) is 11.3 Å². The predicted octanol–water partition coefficient (Wildman–Crippen LogP) is 3.73. The molecule has 1 N–H and O–H groups in total. The molecule has 0 unspecified atom stereocenters. The molecule has 0 amide bonds. The Morgan fingerprint density at radius 3 is 2.34 bits per heavy atom. The van der Waals surface area contributed by atoms with Gasteiger partial charge in [0, 0.05) is 36.6 Å². The Balaban J connectivity index is 1.53. The zero-order valence-electron chi connectivity index (χ0n) is 17.3. The summed E-state index contributed by atoms with van der Waals surface area (Å²) in [6, 6.07) is 6.86. The Kier molecular flexibility index (Phi) is 6.00. The second-order valence-corrected chi connectivity index (χ2v) is 7.98. The van der Waals surface area contributed by atoms with Gasteiger partial charge in [-0.15, -0.1) is 0 Å². The van der Waals surface area contributed by atoms with E-state index in [9.17, 15) is 5.26 Å².